The van der Waals surface area contributed by atoms with Crippen LogP contribution < -0.4 is 5.73 Å². The highest BCUT2D eigenvalue weighted by molar-refractivity contribution is 7.90. The van der Waals surface area contributed by atoms with Crippen molar-refractivity contribution in [2.75, 3.05) is 18.6 Å². The summed E-state index contributed by atoms with van der Waals surface area (Å²) in [5.41, 5.74) is 5.96. The van der Waals surface area contributed by atoms with Crippen molar-refractivity contribution in [3.8, 4) is 0 Å². The highest BCUT2D eigenvalue weighted by Crippen LogP contribution is 2.38. The molecule has 1 aliphatic heterocycles. The Bertz CT molecular complexity index is 477. The van der Waals surface area contributed by atoms with Crippen LogP contribution in [0.2, 0.25) is 0 Å². The first kappa shape index (κ1) is 16.7. The van der Waals surface area contributed by atoms with Crippen molar-refractivity contribution < 1.29 is 13.2 Å². The van der Waals surface area contributed by atoms with E-state index < -0.39 is 15.9 Å². The summed E-state index contributed by atoms with van der Waals surface area (Å²) in [4.78, 5) is 14.5. The minimum absolute atomic E-state index is 0.0156. The Labute approximate surface area is 128 Å². The molecule has 1 aliphatic carbocycles. The third-order valence-corrected chi connectivity index (χ3v) is 6.12. The predicted octanol–water partition coefficient (Wildman–Crippen LogP) is 1.18. The summed E-state index contributed by atoms with van der Waals surface area (Å²) >= 11 is 0. The van der Waals surface area contributed by atoms with Crippen LogP contribution in [0.25, 0.3) is 0 Å². The van der Waals surface area contributed by atoms with E-state index in [4.69, 9.17) is 5.73 Å². The normalized spacial score (nSPS) is 31.6. The van der Waals surface area contributed by atoms with E-state index >= 15 is 0 Å². The van der Waals surface area contributed by atoms with Gasteiger partial charge in [-0.2, -0.15) is 0 Å². The molecule has 2 N–H and O–H groups in total. The van der Waals surface area contributed by atoms with Crippen molar-refractivity contribution in [1.82, 2.24) is 4.90 Å². The van der Waals surface area contributed by atoms with E-state index in [1.807, 2.05) is 4.90 Å². The van der Waals surface area contributed by atoms with Gasteiger partial charge in [-0.1, -0.05) is 19.8 Å². The van der Waals surface area contributed by atoms with E-state index in [1.54, 1.807) is 0 Å². The lowest BCUT2D eigenvalue weighted by molar-refractivity contribution is -0.140. The van der Waals surface area contributed by atoms with Crippen molar-refractivity contribution >= 4 is 15.7 Å². The van der Waals surface area contributed by atoms with Gasteiger partial charge < -0.3 is 10.6 Å². The molecule has 21 heavy (non-hydrogen) atoms. The fraction of sp³-hybridized carbons (Fsp3) is 0.933. The van der Waals surface area contributed by atoms with Gasteiger partial charge in [0.1, 0.15) is 9.84 Å². The molecule has 4 unspecified atom stereocenters. The van der Waals surface area contributed by atoms with Crippen molar-refractivity contribution in [3.63, 3.8) is 0 Å². The number of carbonyl (C=O) groups is 1. The molecule has 4 atom stereocenters. The van der Waals surface area contributed by atoms with Gasteiger partial charge in [-0.3, -0.25) is 4.79 Å². The number of likely N-dealkylation sites (tertiary alicyclic amines) is 1. The maximum Gasteiger partial charge on any atom is 0.239 e. The molecule has 1 saturated heterocycles. The van der Waals surface area contributed by atoms with Gasteiger partial charge in [0.2, 0.25) is 5.91 Å². The molecule has 1 heterocycles. The van der Waals surface area contributed by atoms with Crippen molar-refractivity contribution in [1.29, 1.82) is 0 Å². The molecule has 0 radical (unpaired) electrons. The molecule has 0 aromatic rings. The Morgan fingerprint density at radius 2 is 1.95 bits per heavy atom. The molecule has 6 heteroatoms. The summed E-state index contributed by atoms with van der Waals surface area (Å²) < 4.78 is 22.5. The topological polar surface area (TPSA) is 80.5 Å². The summed E-state index contributed by atoms with van der Waals surface area (Å²) in [6.45, 7) is 3.06. The fourth-order valence-electron chi connectivity index (χ4n) is 3.86. The highest BCUT2D eigenvalue weighted by Gasteiger charge is 2.40. The largest absolute Gasteiger partial charge is 0.338 e. The summed E-state index contributed by atoms with van der Waals surface area (Å²) in [5, 5.41) is 0. The second kappa shape index (κ2) is 6.65. The molecule has 2 aliphatic rings. The minimum Gasteiger partial charge on any atom is -0.338 e. The van der Waals surface area contributed by atoms with Gasteiger partial charge in [-0.05, 0) is 37.5 Å². The Balaban J connectivity index is 2.00. The van der Waals surface area contributed by atoms with Crippen LogP contribution in [0.3, 0.4) is 0 Å². The number of carbonyl (C=O) groups excluding carboxylic acids is 1. The third-order valence-electron chi connectivity index (χ3n) is 5.14. The average Bonchev–Trinajstić information content (AvgIpc) is 2.44. The molecular formula is C15H28N2O3S. The molecule has 0 bridgehead atoms. The van der Waals surface area contributed by atoms with E-state index in [0.29, 0.717) is 17.9 Å². The Hall–Kier alpha value is -0.620. The van der Waals surface area contributed by atoms with Crippen molar-refractivity contribution in [2.45, 2.75) is 57.5 Å². The van der Waals surface area contributed by atoms with Gasteiger partial charge in [0, 0.05) is 18.8 Å². The second-order valence-corrected chi connectivity index (χ2v) is 9.10. The third kappa shape index (κ3) is 4.19. The fourth-order valence-corrected chi connectivity index (χ4v) is 4.55. The summed E-state index contributed by atoms with van der Waals surface area (Å²) in [5.74, 6) is 1.20. The molecule has 1 saturated carbocycles. The van der Waals surface area contributed by atoms with Gasteiger partial charge in [0.05, 0.1) is 11.8 Å². The first-order valence-electron chi connectivity index (χ1n) is 8.03. The van der Waals surface area contributed by atoms with E-state index in [9.17, 15) is 13.2 Å². The maximum atomic E-state index is 12.6. The minimum atomic E-state index is -3.07. The van der Waals surface area contributed by atoms with Crippen molar-refractivity contribution in [3.05, 3.63) is 0 Å². The SMILES string of the molecule is CC1CCN(C(=O)C(N)CCS(C)(=O)=O)C2CCCCC12. The predicted molar refractivity (Wildman–Crippen MR) is 83.5 cm³/mol. The number of hydrogen-bond donors (Lipinski definition) is 1. The quantitative estimate of drug-likeness (QED) is 0.844. The van der Waals surface area contributed by atoms with Crippen LogP contribution in [0.15, 0.2) is 0 Å². The number of rotatable bonds is 4. The highest BCUT2D eigenvalue weighted by atomic mass is 32.2. The Morgan fingerprint density at radius 1 is 1.29 bits per heavy atom. The number of nitrogens with two attached hydrogens (primary N) is 1. The number of piperidine rings is 1. The lowest BCUT2D eigenvalue weighted by atomic mass is 9.72. The first-order valence-corrected chi connectivity index (χ1v) is 10.1. The summed E-state index contributed by atoms with van der Waals surface area (Å²) in [6, 6.07) is -0.366. The van der Waals surface area contributed by atoms with E-state index in [-0.39, 0.29) is 18.1 Å². The second-order valence-electron chi connectivity index (χ2n) is 6.84. The summed E-state index contributed by atoms with van der Waals surface area (Å²) in [6.07, 6.45) is 7.15. The molecule has 122 valence electrons. The van der Waals surface area contributed by atoms with E-state index in [0.717, 1.165) is 19.4 Å². The van der Waals surface area contributed by atoms with Crippen LogP contribution in [-0.4, -0.2) is 49.9 Å². The molecule has 5 nitrogen and oxygen atoms in total. The number of nitrogens with zero attached hydrogens (tertiary/aromatic N) is 1. The zero-order chi connectivity index (χ0) is 15.6. The Kier molecular flexibility index (Phi) is 5.30. The summed E-state index contributed by atoms with van der Waals surface area (Å²) in [7, 11) is -3.07. The molecule has 1 amide bonds. The van der Waals surface area contributed by atoms with Crippen LogP contribution in [-0.2, 0) is 14.6 Å². The maximum absolute atomic E-state index is 12.6. The lowest BCUT2D eigenvalue weighted by Crippen LogP contribution is -2.56. The monoisotopic (exact) mass is 316 g/mol. The standard InChI is InChI=1S/C15H28N2O3S/c1-11-7-9-17(14-6-4-3-5-12(11)14)15(18)13(16)8-10-21(2,19)20/h11-14H,3-10,16H2,1-2H3. The number of sulfone groups is 1. The van der Waals surface area contributed by atoms with Crippen LogP contribution in [0.5, 0.6) is 0 Å². The zero-order valence-electron chi connectivity index (χ0n) is 13.1. The number of hydrogen-bond acceptors (Lipinski definition) is 4. The van der Waals surface area contributed by atoms with Crippen LogP contribution in [0.1, 0.15) is 45.4 Å². The van der Waals surface area contributed by atoms with Gasteiger partial charge >= 0.3 is 0 Å². The van der Waals surface area contributed by atoms with E-state index in [1.165, 1.54) is 25.5 Å². The average molecular weight is 316 g/mol. The first-order chi connectivity index (χ1) is 9.79. The number of amides is 1. The molecule has 0 aromatic carbocycles. The van der Waals surface area contributed by atoms with Gasteiger partial charge in [0.25, 0.3) is 0 Å². The lowest BCUT2D eigenvalue weighted by Gasteiger charge is -2.48. The molecule has 2 fully saturated rings. The smallest absolute Gasteiger partial charge is 0.239 e. The molecule has 0 spiro atoms. The molecular weight excluding hydrogens is 288 g/mol. The van der Waals surface area contributed by atoms with E-state index in [2.05, 4.69) is 6.92 Å². The van der Waals surface area contributed by atoms with Gasteiger partial charge in [0.15, 0.2) is 0 Å². The Morgan fingerprint density at radius 3 is 2.62 bits per heavy atom. The van der Waals surface area contributed by atoms with Gasteiger partial charge in [-0.15, -0.1) is 0 Å². The number of fused-ring (bicyclic) bond motifs is 1. The van der Waals surface area contributed by atoms with Crippen molar-refractivity contribution in [2.24, 2.45) is 17.6 Å². The van der Waals surface area contributed by atoms with Crippen LogP contribution in [0, 0.1) is 11.8 Å². The molecule has 2 rings (SSSR count). The van der Waals surface area contributed by atoms with Gasteiger partial charge in [-0.25, -0.2) is 8.42 Å². The zero-order valence-corrected chi connectivity index (χ0v) is 13.9. The van der Waals surface area contributed by atoms with Crippen LogP contribution >= 0.6 is 0 Å². The molecule has 0 aromatic heterocycles. The van der Waals surface area contributed by atoms with Crippen LogP contribution in [0.4, 0.5) is 0 Å².